The number of ether oxygens (including phenoxy) is 1. The molecule has 2 aliphatic rings. The Labute approximate surface area is 136 Å². The molecule has 1 fully saturated rings. The number of hydrogen-bond acceptors (Lipinski definition) is 5. The predicted molar refractivity (Wildman–Crippen MR) is 80.4 cm³/mol. The van der Waals surface area contributed by atoms with Crippen LogP contribution in [0.15, 0.2) is 36.1 Å². The molecule has 0 amide bonds. The summed E-state index contributed by atoms with van der Waals surface area (Å²) in [5.41, 5.74) is -2.96. The lowest BCUT2D eigenvalue weighted by Crippen LogP contribution is -3.15. The molecule has 0 spiro atoms. The van der Waals surface area contributed by atoms with Crippen molar-refractivity contribution in [2.75, 3.05) is 20.1 Å². The van der Waals surface area contributed by atoms with Gasteiger partial charge in [-0.3, -0.25) is 20.2 Å². The van der Waals surface area contributed by atoms with Crippen LogP contribution in [0.1, 0.15) is 12.8 Å². The summed E-state index contributed by atoms with van der Waals surface area (Å²) in [6, 6.07) is 5.17. The number of benzene rings is 1. The van der Waals surface area contributed by atoms with Crippen molar-refractivity contribution in [3.05, 3.63) is 62.1 Å². The van der Waals surface area contributed by atoms with E-state index in [2.05, 4.69) is 0 Å². The van der Waals surface area contributed by atoms with Crippen LogP contribution in [0.5, 0.6) is 5.75 Å². The number of nitrogens with zero attached hydrogens (tertiary/aromatic N) is 2. The quantitative estimate of drug-likeness (QED) is 0.634. The zero-order valence-corrected chi connectivity index (χ0v) is 13.0. The van der Waals surface area contributed by atoms with Gasteiger partial charge in [0.1, 0.15) is 30.3 Å². The number of nitrogens with one attached hydrogen (secondary N) is 1. The van der Waals surface area contributed by atoms with Crippen LogP contribution in [-0.2, 0) is 0 Å². The van der Waals surface area contributed by atoms with E-state index in [4.69, 9.17) is 4.74 Å². The van der Waals surface area contributed by atoms with Crippen LogP contribution >= 0.6 is 0 Å². The Kier molecular flexibility index (Phi) is 3.75. The maximum atomic E-state index is 13.0. The first-order valence-electron chi connectivity index (χ1n) is 7.50. The van der Waals surface area contributed by atoms with Gasteiger partial charge in [-0.05, 0) is 24.3 Å². The van der Waals surface area contributed by atoms with Gasteiger partial charge in [-0.15, -0.1) is 0 Å². The van der Waals surface area contributed by atoms with Crippen LogP contribution in [-0.4, -0.2) is 41.1 Å². The number of likely N-dealkylation sites (N-methyl/N-ethyl adjacent to an activating group) is 1. The van der Waals surface area contributed by atoms with Gasteiger partial charge >= 0.3 is 0 Å². The minimum Gasteiger partial charge on any atom is -0.461 e. The second-order valence-electron chi connectivity index (χ2n) is 6.67. The van der Waals surface area contributed by atoms with Crippen molar-refractivity contribution in [2.45, 2.75) is 23.9 Å². The van der Waals surface area contributed by atoms with Crippen LogP contribution < -0.4 is 9.64 Å². The Morgan fingerprint density at radius 2 is 1.83 bits per heavy atom. The van der Waals surface area contributed by atoms with Crippen LogP contribution in [0.3, 0.4) is 0 Å². The van der Waals surface area contributed by atoms with E-state index in [0.29, 0.717) is 5.75 Å². The largest absolute Gasteiger partial charge is 0.461 e. The lowest BCUT2D eigenvalue weighted by atomic mass is 9.71. The van der Waals surface area contributed by atoms with Gasteiger partial charge in [-0.2, -0.15) is 0 Å². The van der Waals surface area contributed by atoms with Gasteiger partial charge < -0.3 is 9.64 Å². The summed E-state index contributed by atoms with van der Waals surface area (Å²) in [6.45, 7) is 0.353. The van der Waals surface area contributed by atoms with Gasteiger partial charge in [-0.1, -0.05) is 0 Å². The normalized spacial score (nSPS) is 31.9. The molecule has 1 N–H and O–H groups in total. The van der Waals surface area contributed by atoms with Gasteiger partial charge in [0, 0.05) is 15.9 Å². The molecular weight excluding hydrogens is 321 g/mol. The Bertz CT molecular complexity index is 722. The van der Waals surface area contributed by atoms with Crippen molar-refractivity contribution >= 4 is 0 Å². The summed E-state index contributed by atoms with van der Waals surface area (Å²) in [5.74, 6) is 0.0414. The fraction of sp³-hybridized carbons (Fsp3) is 0.467. The van der Waals surface area contributed by atoms with Gasteiger partial charge in [0.15, 0.2) is 6.54 Å². The van der Waals surface area contributed by atoms with Crippen LogP contribution in [0.4, 0.5) is 4.39 Å². The molecule has 0 aromatic heterocycles. The maximum absolute atomic E-state index is 13.0. The third kappa shape index (κ3) is 2.71. The van der Waals surface area contributed by atoms with E-state index in [1.807, 2.05) is 0 Å². The number of nitro groups is 2. The van der Waals surface area contributed by atoms with Gasteiger partial charge in [0.05, 0.1) is 13.5 Å². The highest BCUT2D eigenvalue weighted by molar-refractivity contribution is 5.27. The van der Waals surface area contributed by atoms with Gasteiger partial charge in [0.25, 0.3) is 11.1 Å². The fourth-order valence-corrected chi connectivity index (χ4v) is 3.84. The van der Waals surface area contributed by atoms with Crippen molar-refractivity contribution < 1.29 is 23.9 Å². The number of rotatable bonds is 4. The standard InChI is InChI=1S/C15H16FN3O5/c1-17-9-14(18(20)21)6-13(7-15(8-14,10-17)19(22)23)24-12-4-2-11(16)3-5-12/h2-6H,7-10H2,1H3/p+1/t14-,15-/m0/s1. The van der Waals surface area contributed by atoms with Crippen molar-refractivity contribution in [1.29, 1.82) is 0 Å². The molecule has 8 nitrogen and oxygen atoms in total. The van der Waals surface area contributed by atoms with E-state index in [0.717, 1.165) is 4.90 Å². The number of halogens is 1. The van der Waals surface area contributed by atoms with Crippen molar-refractivity contribution in [2.24, 2.45) is 0 Å². The second-order valence-corrected chi connectivity index (χ2v) is 6.67. The van der Waals surface area contributed by atoms with Crippen LogP contribution in [0.2, 0.25) is 0 Å². The minimum absolute atomic E-state index is 0.0235. The molecule has 1 aromatic rings. The first kappa shape index (κ1) is 16.3. The average molecular weight is 338 g/mol. The molecule has 1 saturated heterocycles. The number of hydrogen-bond donors (Lipinski definition) is 1. The number of likely N-dealkylation sites (tertiary alicyclic amines) is 1. The van der Waals surface area contributed by atoms with E-state index in [1.165, 1.54) is 30.3 Å². The van der Waals surface area contributed by atoms with E-state index in [1.54, 1.807) is 7.05 Å². The molecule has 3 atom stereocenters. The molecule has 1 unspecified atom stereocenters. The molecule has 128 valence electrons. The number of piperidine rings is 1. The predicted octanol–water partition coefficient (Wildman–Crippen LogP) is 0.442. The van der Waals surface area contributed by atoms with E-state index < -0.39 is 26.7 Å². The molecule has 1 aromatic carbocycles. The lowest BCUT2D eigenvalue weighted by molar-refractivity contribution is -0.926. The number of quaternary nitrogens is 1. The first-order chi connectivity index (χ1) is 11.2. The molecule has 2 bridgehead atoms. The summed E-state index contributed by atoms with van der Waals surface area (Å²) in [5, 5.41) is 23.3. The highest BCUT2D eigenvalue weighted by Crippen LogP contribution is 2.39. The smallest absolute Gasteiger partial charge is 0.298 e. The summed E-state index contributed by atoms with van der Waals surface area (Å²) >= 11 is 0. The zero-order chi connectivity index (χ0) is 17.5. The summed E-state index contributed by atoms with van der Waals surface area (Å²) in [6.07, 6.45) is 1.22. The Morgan fingerprint density at radius 1 is 1.17 bits per heavy atom. The van der Waals surface area contributed by atoms with Crippen molar-refractivity contribution in [1.82, 2.24) is 0 Å². The van der Waals surface area contributed by atoms with Crippen molar-refractivity contribution in [3.63, 3.8) is 0 Å². The molecule has 9 heteroatoms. The first-order valence-corrected chi connectivity index (χ1v) is 7.50. The summed E-state index contributed by atoms with van der Waals surface area (Å²) < 4.78 is 18.6. The fourth-order valence-electron chi connectivity index (χ4n) is 3.84. The Balaban J connectivity index is 2.00. The van der Waals surface area contributed by atoms with E-state index in [9.17, 15) is 24.6 Å². The zero-order valence-electron chi connectivity index (χ0n) is 13.0. The molecule has 1 aliphatic heterocycles. The molecule has 1 heterocycles. The molecule has 0 radical (unpaired) electrons. The summed E-state index contributed by atoms with van der Waals surface area (Å²) in [4.78, 5) is 23.2. The molecule has 24 heavy (non-hydrogen) atoms. The Morgan fingerprint density at radius 3 is 2.42 bits per heavy atom. The van der Waals surface area contributed by atoms with Crippen molar-refractivity contribution in [3.8, 4) is 5.75 Å². The Hall–Kier alpha value is -2.55. The third-order valence-electron chi connectivity index (χ3n) is 4.62. The highest BCUT2D eigenvalue weighted by atomic mass is 19.1. The lowest BCUT2D eigenvalue weighted by Gasteiger charge is -2.41. The summed E-state index contributed by atoms with van der Waals surface area (Å²) in [7, 11) is 1.72. The topological polar surface area (TPSA) is 100.0 Å². The van der Waals surface area contributed by atoms with Gasteiger partial charge in [-0.25, -0.2) is 4.39 Å². The molecule has 3 rings (SSSR count). The SMILES string of the molecule is C[NH+]1C[C@]2([N+](=O)[O-])C=C(Oc3ccc(F)cc3)C[C@@]([N+](=O)[O-])(C1)C2. The van der Waals surface area contributed by atoms with Crippen LogP contribution in [0, 0.1) is 26.0 Å². The minimum atomic E-state index is -1.52. The number of fused-ring (bicyclic) bond motifs is 2. The van der Waals surface area contributed by atoms with Gasteiger partial charge in [0.2, 0.25) is 0 Å². The third-order valence-corrected chi connectivity index (χ3v) is 4.62. The highest BCUT2D eigenvalue weighted by Gasteiger charge is 2.66. The average Bonchev–Trinajstić information content (AvgIpc) is 2.48. The monoisotopic (exact) mass is 338 g/mol. The van der Waals surface area contributed by atoms with Crippen LogP contribution in [0.25, 0.3) is 0 Å². The second kappa shape index (κ2) is 5.52. The van der Waals surface area contributed by atoms with E-state index in [-0.39, 0.29) is 31.7 Å². The maximum Gasteiger partial charge on any atom is 0.298 e. The molecule has 0 saturated carbocycles. The molecule has 1 aliphatic carbocycles. The molecular formula is C15H17FN3O5+. The van der Waals surface area contributed by atoms with E-state index >= 15 is 0 Å².